The first-order chi connectivity index (χ1) is 3.06. The molecule has 0 saturated heterocycles. The standard InChI is InChI=1S/C3H5F2NSi/c1-7(4,5)3-2-6/h3H2,1H3. The molecule has 0 heterocycles. The van der Waals surface area contributed by atoms with E-state index < -0.39 is 14.8 Å². The third kappa shape index (κ3) is 5.57. The summed E-state index contributed by atoms with van der Waals surface area (Å²) in [4.78, 5) is 0. The normalized spacial score (nSPS) is 10.6. The Morgan fingerprint density at radius 1 is 1.71 bits per heavy atom. The lowest BCUT2D eigenvalue weighted by Gasteiger charge is -1.95. The second-order valence-corrected chi connectivity index (χ2v) is 3.90. The van der Waals surface area contributed by atoms with Crippen LogP contribution in [0.1, 0.15) is 0 Å². The maximum atomic E-state index is 11.6. The van der Waals surface area contributed by atoms with E-state index in [0.29, 0.717) is 0 Å². The van der Waals surface area contributed by atoms with E-state index in [2.05, 4.69) is 0 Å². The minimum atomic E-state index is -4.02. The lowest BCUT2D eigenvalue weighted by molar-refractivity contribution is 0.619. The third-order valence-electron chi connectivity index (χ3n) is 0.389. The van der Waals surface area contributed by atoms with E-state index in [4.69, 9.17) is 5.26 Å². The molecular formula is C3H5F2NSi. The summed E-state index contributed by atoms with van der Waals surface area (Å²) in [7, 11) is -4.02. The van der Waals surface area contributed by atoms with Crippen LogP contribution in [0.2, 0.25) is 12.6 Å². The molecule has 4 heteroatoms. The summed E-state index contributed by atoms with van der Waals surface area (Å²) in [6, 6.07) is 0.871. The summed E-state index contributed by atoms with van der Waals surface area (Å²) in [5, 5.41) is 7.71. The number of nitrogens with zero attached hydrogens (tertiary/aromatic N) is 1. The van der Waals surface area contributed by atoms with Gasteiger partial charge >= 0.3 is 8.74 Å². The van der Waals surface area contributed by atoms with Gasteiger partial charge in [-0.15, -0.1) is 0 Å². The predicted octanol–water partition coefficient (Wildman–Crippen LogP) is 1.52. The molecule has 0 radical (unpaired) electrons. The number of hydrogen-bond donors (Lipinski definition) is 0. The zero-order valence-corrected chi connectivity index (χ0v) is 4.91. The van der Waals surface area contributed by atoms with Gasteiger partial charge < -0.3 is 0 Å². The Balaban J connectivity index is 3.40. The molecule has 0 aromatic carbocycles. The fourth-order valence-electron chi connectivity index (χ4n) is 0.139. The van der Waals surface area contributed by atoms with Gasteiger partial charge in [0.15, 0.2) is 0 Å². The SMILES string of the molecule is C[Si](F)(F)CC#N. The van der Waals surface area contributed by atoms with Gasteiger partial charge in [0.05, 0.1) is 12.1 Å². The Labute approximate surface area is 41.9 Å². The number of rotatable bonds is 1. The lowest BCUT2D eigenvalue weighted by atomic mass is 10.9. The van der Waals surface area contributed by atoms with E-state index >= 15 is 0 Å². The molecule has 7 heavy (non-hydrogen) atoms. The largest absolute Gasteiger partial charge is 0.435 e. The molecule has 0 atom stereocenters. The average molecular weight is 121 g/mol. The number of nitriles is 1. The summed E-state index contributed by atoms with van der Waals surface area (Å²) in [5.74, 6) is 0. The highest BCUT2D eigenvalue weighted by Crippen LogP contribution is 2.09. The van der Waals surface area contributed by atoms with E-state index in [0.717, 1.165) is 6.55 Å². The minimum Gasteiger partial charge on any atom is -0.270 e. The molecule has 0 rings (SSSR count). The van der Waals surface area contributed by atoms with Gasteiger partial charge in [-0.1, -0.05) is 0 Å². The van der Waals surface area contributed by atoms with Crippen LogP contribution >= 0.6 is 0 Å². The van der Waals surface area contributed by atoms with E-state index in [1.54, 1.807) is 0 Å². The molecule has 40 valence electrons. The van der Waals surface area contributed by atoms with Crippen molar-refractivity contribution in [1.82, 2.24) is 0 Å². The summed E-state index contributed by atoms with van der Waals surface area (Å²) in [5.41, 5.74) is 0. The van der Waals surface area contributed by atoms with Crippen LogP contribution in [0.4, 0.5) is 8.22 Å². The first-order valence-electron chi connectivity index (χ1n) is 1.81. The first kappa shape index (κ1) is 6.57. The fraction of sp³-hybridized carbons (Fsp3) is 0.667. The van der Waals surface area contributed by atoms with Crippen molar-refractivity contribution in [1.29, 1.82) is 5.26 Å². The van der Waals surface area contributed by atoms with Gasteiger partial charge in [0.25, 0.3) is 0 Å². The average Bonchev–Trinajstić information content (AvgIpc) is 1.30. The van der Waals surface area contributed by atoms with Crippen molar-refractivity contribution in [3.63, 3.8) is 0 Å². The summed E-state index contributed by atoms with van der Waals surface area (Å²) in [6.07, 6.45) is 0. The van der Waals surface area contributed by atoms with Gasteiger partial charge in [-0.2, -0.15) is 5.26 Å². The molecule has 0 amide bonds. The lowest BCUT2D eigenvalue weighted by Crippen LogP contribution is -2.13. The molecular weight excluding hydrogens is 116 g/mol. The minimum absolute atomic E-state index is 0.549. The van der Waals surface area contributed by atoms with E-state index in [1.165, 1.54) is 6.07 Å². The molecule has 0 N–H and O–H groups in total. The van der Waals surface area contributed by atoms with Gasteiger partial charge in [-0.3, -0.25) is 8.22 Å². The fourth-order valence-corrected chi connectivity index (χ4v) is 0.416. The van der Waals surface area contributed by atoms with Gasteiger partial charge in [-0.05, 0) is 6.55 Å². The Morgan fingerprint density at radius 3 is 2.14 bits per heavy atom. The van der Waals surface area contributed by atoms with Crippen LogP contribution in [0.25, 0.3) is 0 Å². The molecule has 0 aliphatic rings. The zero-order valence-electron chi connectivity index (χ0n) is 3.91. The van der Waals surface area contributed by atoms with E-state index in [1.807, 2.05) is 0 Å². The second-order valence-electron chi connectivity index (χ2n) is 1.41. The molecule has 0 fully saturated rings. The molecule has 0 aliphatic heterocycles. The summed E-state index contributed by atoms with van der Waals surface area (Å²) in [6.45, 7) is 0.857. The van der Waals surface area contributed by atoms with Crippen LogP contribution in [-0.2, 0) is 0 Å². The molecule has 0 spiro atoms. The third-order valence-corrected chi connectivity index (χ3v) is 1.17. The van der Waals surface area contributed by atoms with Crippen molar-refractivity contribution >= 4 is 8.74 Å². The van der Waals surface area contributed by atoms with E-state index in [-0.39, 0.29) is 0 Å². The van der Waals surface area contributed by atoms with Crippen LogP contribution in [0.15, 0.2) is 0 Å². The van der Waals surface area contributed by atoms with E-state index in [9.17, 15) is 8.22 Å². The molecule has 1 nitrogen and oxygen atoms in total. The maximum Gasteiger partial charge on any atom is 0.435 e. The van der Waals surface area contributed by atoms with Crippen LogP contribution in [0, 0.1) is 11.3 Å². The Morgan fingerprint density at radius 2 is 2.14 bits per heavy atom. The Bertz CT molecular complexity index is 90.1. The quantitative estimate of drug-likeness (QED) is 0.381. The van der Waals surface area contributed by atoms with Crippen LogP contribution in [0.5, 0.6) is 0 Å². The molecule has 0 unspecified atom stereocenters. The van der Waals surface area contributed by atoms with Gasteiger partial charge in [-0.25, -0.2) is 0 Å². The van der Waals surface area contributed by atoms with Crippen molar-refractivity contribution in [2.75, 3.05) is 0 Å². The monoisotopic (exact) mass is 121 g/mol. The molecule has 0 aliphatic carbocycles. The highest BCUT2D eigenvalue weighted by molar-refractivity contribution is 6.65. The summed E-state index contributed by atoms with van der Waals surface area (Å²) >= 11 is 0. The smallest absolute Gasteiger partial charge is 0.270 e. The molecule has 0 bridgehead atoms. The van der Waals surface area contributed by atoms with Crippen molar-refractivity contribution in [2.45, 2.75) is 12.6 Å². The van der Waals surface area contributed by atoms with Crippen LogP contribution in [-0.4, -0.2) is 8.74 Å². The van der Waals surface area contributed by atoms with Crippen LogP contribution in [0.3, 0.4) is 0 Å². The van der Waals surface area contributed by atoms with Crippen molar-refractivity contribution in [3.8, 4) is 6.07 Å². The number of hydrogen-bond acceptors (Lipinski definition) is 1. The Hall–Kier alpha value is -0.433. The zero-order chi connectivity index (χ0) is 5.91. The number of halogens is 2. The Kier molecular flexibility index (Phi) is 1.90. The molecule has 0 saturated carbocycles. The summed E-state index contributed by atoms with van der Waals surface area (Å²) < 4.78 is 23.3. The maximum absolute atomic E-state index is 11.6. The molecule has 0 aromatic rings. The highest BCUT2D eigenvalue weighted by Gasteiger charge is 2.26. The van der Waals surface area contributed by atoms with Gasteiger partial charge in [0, 0.05) is 0 Å². The topological polar surface area (TPSA) is 23.8 Å². The van der Waals surface area contributed by atoms with Gasteiger partial charge in [0.2, 0.25) is 0 Å². The predicted molar refractivity (Wildman–Crippen MR) is 24.3 cm³/mol. The van der Waals surface area contributed by atoms with Gasteiger partial charge in [0.1, 0.15) is 0 Å². The van der Waals surface area contributed by atoms with Crippen LogP contribution < -0.4 is 0 Å². The highest BCUT2D eigenvalue weighted by atomic mass is 28.4. The molecule has 0 aromatic heterocycles. The second kappa shape index (κ2) is 2.03. The first-order valence-corrected chi connectivity index (χ1v) is 4.27. The van der Waals surface area contributed by atoms with Crippen molar-refractivity contribution in [2.24, 2.45) is 0 Å². The van der Waals surface area contributed by atoms with Crippen molar-refractivity contribution < 1.29 is 8.22 Å². The van der Waals surface area contributed by atoms with Crippen molar-refractivity contribution in [3.05, 3.63) is 0 Å².